The van der Waals surface area contributed by atoms with Crippen LogP contribution in [0.4, 0.5) is 5.69 Å². The minimum Gasteiger partial charge on any atom is -0.388 e. The SMILES string of the molecule is CCC(C)C(C)(O)CNC(=O)C(=O)Nc1ccccc1. The summed E-state index contributed by atoms with van der Waals surface area (Å²) in [4.78, 5) is 23.3. The van der Waals surface area contributed by atoms with Crippen LogP contribution in [0.2, 0.25) is 0 Å². The lowest BCUT2D eigenvalue weighted by molar-refractivity contribution is -0.137. The first-order chi connectivity index (χ1) is 9.36. The molecule has 20 heavy (non-hydrogen) atoms. The summed E-state index contributed by atoms with van der Waals surface area (Å²) in [5.41, 5.74) is -0.474. The Bertz CT molecular complexity index is 457. The molecule has 0 aliphatic carbocycles. The monoisotopic (exact) mass is 278 g/mol. The highest BCUT2D eigenvalue weighted by atomic mass is 16.3. The number of carbonyl (C=O) groups excluding carboxylic acids is 2. The summed E-state index contributed by atoms with van der Waals surface area (Å²) in [7, 11) is 0. The van der Waals surface area contributed by atoms with Gasteiger partial charge in [-0.25, -0.2) is 0 Å². The zero-order valence-corrected chi connectivity index (χ0v) is 12.1. The maximum Gasteiger partial charge on any atom is 0.313 e. The molecule has 3 N–H and O–H groups in total. The quantitative estimate of drug-likeness (QED) is 0.715. The van der Waals surface area contributed by atoms with E-state index in [4.69, 9.17) is 0 Å². The molecular formula is C15H22N2O3. The van der Waals surface area contributed by atoms with Crippen LogP contribution in [0.25, 0.3) is 0 Å². The Morgan fingerprint density at radius 3 is 2.40 bits per heavy atom. The highest BCUT2D eigenvalue weighted by Crippen LogP contribution is 2.18. The first kappa shape index (κ1) is 16.2. The highest BCUT2D eigenvalue weighted by Gasteiger charge is 2.28. The molecular weight excluding hydrogens is 256 g/mol. The average Bonchev–Trinajstić information content (AvgIpc) is 2.44. The number of amides is 2. The predicted octanol–water partition coefficient (Wildman–Crippen LogP) is 1.54. The van der Waals surface area contributed by atoms with Crippen molar-refractivity contribution in [3.63, 3.8) is 0 Å². The number of para-hydroxylation sites is 1. The number of carbonyl (C=O) groups is 2. The summed E-state index contributed by atoms with van der Waals surface area (Å²) >= 11 is 0. The molecule has 0 heterocycles. The van der Waals surface area contributed by atoms with Crippen molar-refractivity contribution >= 4 is 17.5 Å². The van der Waals surface area contributed by atoms with Crippen molar-refractivity contribution in [2.75, 3.05) is 11.9 Å². The van der Waals surface area contributed by atoms with Crippen molar-refractivity contribution in [2.45, 2.75) is 32.8 Å². The smallest absolute Gasteiger partial charge is 0.313 e. The van der Waals surface area contributed by atoms with Crippen molar-refractivity contribution < 1.29 is 14.7 Å². The largest absolute Gasteiger partial charge is 0.388 e. The fraction of sp³-hybridized carbons (Fsp3) is 0.467. The van der Waals surface area contributed by atoms with Gasteiger partial charge in [-0.2, -0.15) is 0 Å². The molecule has 5 nitrogen and oxygen atoms in total. The average molecular weight is 278 g/mol. The van der Waals surface area contributed by atoms with Crippen LogP contribution in [0, 0.1) is 5.92 Å². The first-order valence-corrected chi connectivity index (χ1v) is 6.73. The summed E-state index contributed by atoms with van der Waals surface area (Å²) in [5.74, 6) is -1.46. The van der Waals surface area contributed by atoms with Crippen LogP contribution in [-0.2, 0) is 9.59 Å². The molecule has 110 valence electrons. The molecule has 0 aromatic heterocycles. The van der Waals surface area contributed by atoms with Crippen molar-refractivity contribution in [3.8, 4) is 0 Å². The number of rotatable bonds is 5. The molecule has 0 bridgehead atoms. The molecule has 0 aliphatic rings. The van der Waals surface area contributed by atoms with Gasteiger partial charge in [-0.3, -0.25) is 9.59 Å². The third-order valence-electron chi connectivity index (χ3n) is 3.52. The van der Waals surface area contributed by atoms with E-state index in [2.05, 4.69) is 10.6 Å². The summed E-state index contributed by atoms with van der Waals surface area (Å²) in [6, 6.07) is 8.74. The Balaban J connectivity index is 2.49. The van der Waals surface area contributed by atoms with Crippen LogP contribution in [0.5, 0.6) is 0 Å². The normalized spacial score (nSPS) is 15.0. The number of hydrogen-bond acceptors (Lipinski definition) is 3. The van der Waals surface area contributed by atoms with Crippen molar-refractivity contribution in [3.05, 3.63) is 30.3 Å². The molecule has 0 saturated carbocycles. The first-order valence-electron chi connectivity index (χ1n) is 6.73. The fourth-order valence-electron chi connectivity index (χ4n) is 1.66. The van der Waals surface area contributed by atoms with Crippen molar-refractivity contribution in [1.82, 2.24) is 5.32 Å². The van der Waals surface area contributed by atoms with Crippen molar-refractivity contribution in [1.29, 1.82) is 0 Å². The van der Waals surface area contributed by atoms with E-state index < -0.39 is 17.4 Å². The third-order valence-corrected chi connectivity index (χ3v) is 3.52. The topological polar surface area (TPSA) is 78.4 Å². The van der Waals surface area contributed by atoms with Crippen LogP contribution in [-0.4, -0.2) is 29.1 Å². The van der Waals surface area contributed by atoms with E-state index >= 15 is 0 Å². The van der Waals surface area contributed by atoms with Gasteiger partial charge in [0, 0.05) is 12.2 Å². The second kappa shape index (κ2) is 7.05. The number of aliphatic hydroxyl groups is 1. The predicted molar refractivity (Wildman–Crippen MR) is 78.2 cm³/mol. The van der Waals surface area contributed by atoms with E-state index in [1.54, 1.807) is 31.2 Å². The number of hydrogen-bond donors (Lipinski definition) is 3. The zero-order valence-electron chi connectivity index (χ0n) is 12.1. The lowest BCUT2D eigenvalue weighted by Crippen LogP contribution is -2.47. The second-order valence-corrected chi connectivity index (χ2v) is 5.17. The maximum absolute atomic E-state index is 11.7. The number of anilines is 1. The lowest BCUT2D eigenvalue weighted by atomic mass is 9.89. The number of nitrogens with one attached hydrogen (secondary N) is 2. The fourth-order valence-corrected chi connectivity index (χ4v) is 1.66. The summed E-state index contributed by atoms with van der Waals surface area (Å²) < 4.78 is 0. The van der Waals surface area contributed by atoms with Crippen LogP contribution in [0.15, 0.2) is 30.3 Å². The van der Waals surface area contributed by atoms with Crippen LogP contribution in [0.3, 0.4) is 0 Å². The third kappa shape index (κ3) is 4.66. The van der Waals surface area contributed by atoms with E-state index in [1.807, 2.05) is 19.9 Å². The highest BCUT2D eigenvalue weighted by molar-refractivity contribution is 6.39. The van der Waals surface area contributed by atoms with Crippen LogP contribution < -0.4 is 10.6 Å². The Morgan fingerprint density at radius 1 is 1.25 bits per heavy atom. The molecule has 0 radical (unpaired) electrons. The van der Waals surface area contributed by atoms with Crippen molar-refractivity contribution in [2.24, 2.45) is 5.92 Å². The van der Waals surface area contributed by atoms with E-state index in [0.29, 0.717) is 5.69 Å². The Hall–Kier alpha value is -1.88. The zero-order chi connectivity index (χ0) is 15.2. The van der Waals surface area contributed by atoms with E-state index in [-0.39, 0.29) is 12.5 Å². The molecule has 5 heteroatoms. The molecule has 2 unspecified atom stereocenters. The summed E-state index contributed by atoms with van der Waals surface area (Å²) in [6.07, 6.45) is 0.791. The van der Waals surface area contributed by atoms with Gasteiger partial charge in [0.05, 0.1) is 5.60 Å². The number of benzene rings is 1. The Kier molecular flexibility index (Phi) is 5.70. The van der Waals surface area contributed by atoms with Crippen LogP contribution in [0.1, 0.15) is 27.2 Å². The minimum atomic E-state index is -1.03. The van der Waals surface area contributed by atoms with E-state index in [9.17, 15) is 14.7 Å². The van der Waals surface area contributed by atoms with Gasteiger partial charge in [-0.1, -0.05) is 38.5 Å². The summed E-state index contributed by atoms with van der Waals surface area (Å²) in [5, 5.41) is 15.1. The Morgan fingerprint density at radius 2 is 1.85 bits per heavy atom. The molecule has 0 fully saturated rings. The summed E-state index contributed by atoms with van der Waals surface area (Å²) in [6.45, 7) is 5.55. The van der Waals surface area contributed by atoms with Gasteiger partial charge in [-0.15, -0.1) is 0 Å². The van der Waals surface area contributed by atoms with Gasteiger partial charge in [0.1, 0.15) is 0 Å². The maximum atomic E-state index is 11.7. The van der Waals surface area contributed by atoms with Gasteiger partial charge in [0.25, 0.3) is 0 Å². The second-order valence-electron chi connectivity index (χ2n) is 5.17. The molecule has 1 rings (SSSR count). The van der Waals surface area contributed by atoms with Gasteiger partial charge < -0.3 is 15.7 Å². The van der Waals surface area contributed by atoms with E-state index in [0.717, 1.165) is 6.42 Å². The molecule has 2 atom stereocenters. The molecule has 0 saturated heterocycles. The molecule has 2 amide bonds. The lowest BCUT2D eigenvalue weighted by Gasteiger charge is -2.29. The van der Waals surface area contributed by atoms with Gasteiger partial charge in [0.2, 0.25) is 0 Å². The van der Waals surface area contributed by atoms with Gasteiger partial charge >= 0.3 is 11.8 Å². The molecule has 1 aromatic carbocycles. The standard InChI is InChI=1S/C15H22N2O3/c1-4-11(2)15(3,20)10-16-13(18)14(19)17-12-8-6-5-7-9-12/h5-9,11,20H,4,10H2,1-3H3,(H,16,18)(H,17,19). The van der Waals surface area contributed by atoms with Gasteiger partial charge in [0.15, 0.2) is 0 Å². The van der Waals surface area contributed by atoms with Gasteiger partial charge in [-0.05, 0) is 25.0 Å². The minimum absolute atomic E-state index is 0.0278. The molecule has 0 spiro atoms. The molecule has 1 aromatic rings. The van der Waals surface area contributed by atoms with Crippen LogP contribution >= 0.6 is 0 Å². The Labute approximate surface area is 119 Å². The molecule has 0 aliphatic heterocycles. The van der Waals surface area contributed by atoms with E-state index in [1.165, 1.54) is 0 Å².